The fraction of sp³-hybridized carbons (Fsp3) is 0.105. The lowest BCUT2D eigenvalue weighted by molar-refractivity contribution is -0.139. The molecule has 0 aromatic heterocycles. The molecule has 1 saturated heterocycles. The van der Waals surface area contributed by atoms with Crippen molar-refractivity contribution in [1.82, 2.24) is 10.2 Å². The van der Waals surface area contributed by atoms with Gasteiger partial charge in [0, 0.05) is 14.2 Å². The molecule has 0 unspecified atom stereocenters. The van der Waals surface area contributed by atoms with Crippen LogP contribution in [0.15, 0.2) is 46.6 Å². The number of hydrogen-bond donors (Lipinski definition) is 2. The number of carboxylic acids is 1. The Morgan fingerprint density at radius 3 is 2.62 bits per heavy atom. The fourth-order valence-corrected chi connectivity index (χ4v) is 4.41. The van der Waals surface area contributed by atoms with Crippen LogP contribution in [0.4, 0.5) is 4.79 Å². The van der Waals surface area contributed by atoms with Crippen molar-refractivity contribution in [2.45, 2.75) is 6.54 Å². The van der Waals surface area contributed by atoms with Crippen LogP contribution < -0.4 is 10.1 Å². The molecular formula is C19H13BrClIN2O5. The maximum Gasteiger partial charge on any atom is 0.341 e. The lowest BCUT2D eigenvalue weighted by Gasteiger charge is -2.12. The Labute approximate surface area is 192 Å². The van der Waals surface area contributed by atoms with Gasteiger partial charge in [0.15, 0.2) is 6.61 Å². The minimum atomic E-state index is -1.13. The van der Waals surface area contributed by atoms with Gasteiger partial charge in [0.05, 0.1) is 11.0 Å². The number of ether oxygens (including phenoxy) is 1. The number of nitrogens with zero attached hydrogens (tertiary/aromatic N) is 1. The van der Waals surface area contributed by atoms with Crippen LogP contribution in [0.2, 0.25) is 5.02 Å². The molecule has 0 saturated carbocycles. The summed E-state index contributed by atoms with van der Waals surface area (Å²) in [5.41, 5.74) is 1.28. The molecular weight excluding hydrogens is 578 g/mol. The Morgan fingerprint density at radius 2 is 1.97 bits per heavy atom. The molecule has 3 amide bonds. The maximum atomic E-state index is 12.7. The second-order valence-electron chi connectivity index (χ2n) is 5.99. The predicted octanol–water partition coefficient (Wildman–Crippen LogP) is 4.26. The summed E-state index contributed by atoms with van der Waals surface area (Å²) >= 11 is 11.3. The molecule has 2 N–H and O–H groups in total. The third kappa shape index (κ3) is 5.28. The average molecular weight is 592 g/mol. The van der Waals surface area contributed by atoms with E-state index in [4.69, 9.17) is 21.4 Å². The van der Waals surface area contributed by atoms with E-state index in [-0.39, 0.29) is 18.0 Å². The summed E-state index contributed by atoms with van der Waals surface area (Å²) in [5.74, 6) is -1.36. The molecule has 0 aliphatic carbocycles. The van der Waals surface area contributed by atoms with Gasteiger partial charge in [-0.2, -0.15) is 0 Å². The minimum Gasteiger partial charge on any atom is -0.480 e. The van der Waals surface area contributed by atoms with E-state index < -0.39 is 24.5 Å². The van der Waals surface area contributed by atoms with Gasteiger partial charge in [-0.05, 0) is 74.4 Å². The summed E-state index contributed by atoms with van der Waals surface area (Å²) in [6.07, 6.45) is 1.46. The number of nitrogens with one attached hydrogen (secondary N) is 1. The monoisotopic (exact) mass is 590 g/mol. The van der Waals surface area contributed by atoms with E-state index in [0.717, 1.165) is 14.0 Å². The summed E-state index contributed by atoms with van der Waals surface area (Å²) in [6.45, 7) is -0.448. The number of halogens is 3. The number of rotatable bonds is 6. The van der Waals surface area contributed by atoms with Gasteiger partial charge in [-0.25, -0.2) is 9.59 Å². The van der Waals surface area contributed by atoms with Gasteiger partial charge in [0.2, 0.25) is 0 Å². The smallest absolute Gasteiger partial charge is 0.341 e. The van der Waals surface area contributed by atoms with Gasteiger partial charge in [-0.15, -0.1) is 0 Å². The number of benzene rings is 2. The van der Waals surface area contributed by atoms with Gasteiger partial charge in [0.25, 0.3) is 5.91 Å². The van der Waals surface area contributed by atoms with E-state index in [1.54, 1.807) is 36.4 Å². The van der Waals surface area contributed by atoms with Crippen molar-refractivity contribution in [3.8, 4) is 5.75 Å². The highest BCUT2D eigenvalue weighted by atomic mass is 127. The van der Waals surface area contributed by atoms with Crippen LogP contribution in [0.5, 0.6) is 5.75 Å². The van der Waals surface area contributed by atoms with Crippen LogP contribution in [0.3, 0.4) is 0 Å². The molecule has 2 aromatic rings. The minimum absolute atomic E-state index is 0.0676. The Kier molecular flexibility index (Phi) is 6.81. The van der Waals surface area contributed by atoms with Crippen molar-refractivity contribution in [3.05, 3.63) is 66.3 Å². The van der Waals surface area contributed by atoms with Crippen molar-refractivity contribution in [3.63, 3.8) is 0 Å². The van der Waals surface area contributed by atoms with Crippen LogP contribution in [0.25, 0.3) is 6.08 Å². The van der Waals surface area contributed by atoms with Crippen LogP contribution >= 0.6 is 50.1 Å². The van der Waals surface area contributed by atoms with Gasteiger partial charge >= 0.3 is 12.0 Å². The van der Waals surface area contributed by atoms with Crippen LogP contribution in [-0.4, -0.2) is 34.5 Å². The molecule has 3 rings (SSSR count). The maximum absolute atomic E-state index is 12.7. The third-order valence-corrected chi connectivity index (χ3v) is 5.36. The lowest BCUT2D eigenvalue weighted by atomic mass is 10.1. The van der Waals surface area contributed by atoms with E-state index >= 15 is 0 Å². The molecule has 0 atom stereocenters. The highest BCUT2D eigenvalue weighted by Crippen LogP contribution is 2.33. The topological polar surface area (TPSA) is 95.9 Å². The van der Waals surface area contributed by atoms with E-state index in [1.165, 1.54) is 6.08 Å². The zero-order valence-corrected chi connectivity index (χ0v) is 19.1. The molecule has 0 radical (unpaired) electrons. The summed E-state index contributed by atoms with van der Waals surface area (Å²) in [7, 11) is 0. The molecule has 10 heteroatoms. The normalized spacial score (nSPS) is 15.0. The zero-order valence-electron chi connectivity index (χ0n) is 14.6. The van der Waals surface area contributed by atoms with Crippen molar-refractivity contribution in [2.75, 3.05) is 6.61 Å². The van der Waals surface area contributed by atoms with E-state index in [2.05, 4.69) is 43.8 Å². The van der Waals surface area contributed by atoms with Crippen molar-refractivity contribution < 1.29 is 24.2 Å². The van der Waals surface area contributed by atoms with Crippen molar-refractivity contribution in [2.24, 2.45) is 0 Å². The second-order valence-corrected chi connectivity index (χ2v) is 8.53. The fourth-order valence-electron chi connectivity index (χ4n) is 2.62. The largest absolute Gasteiger partial charge is 0.480 e. The Balaban J connectivity index is 1.89. The molecule has 0 spiro atoms. The van der Waals surface area contributed by atoms with Gasteiger partial charge in [0.1, 0.15) is 11.4 Å². The Bertz CT molecular complexity index is 1030. The number of hydrogen-bond acceptors (Lipinski definition) is 4. The average Bonchev–Trinajstić information content (AvgIpc) is 2.90. The number of urea groups is 1. The zero-order chi connectivity index (χ0) is 21.1. The first-order valence-corrected chi connectivity index (χ1v) is 10.4. The molecule has 7 nitrogen and oxygen atoms in total. The van der Waals surface area contributed by atoms with Gasteiger partial charge < -0.3 is 15.2 Å². The van der Waals surface area contributed by atoms with Crippen LogP contribution in [0.1, 0.15) is 11.1 Å². The van der Waals surface area contributed by atoms with Gasteiger partial charge in [-0.1, -0.05) is 23.7 Å². The van der Waals surface area contributed by atoms with Gasteiger partial charge in [-0.3, -0.25) is 9.69 Å². The third-order valence-electron chi connectivity index (χ3n) is 3.89. The van der Waals surface area contributed by atoms with Crippen molar-refractivity contribution in [1.29, 1.82) is 0 Å². The second kappa shape index (κ2) is 9.14. The SMILES string of the molecule is O=C(O)COc1c(Br)cc(I)cc1/C=C1\NC(=O)N(Cc2ccc(Cl)cc2)C1=O. The van der Waals surface area contributed by atoms with Crippen molar-refractivity contribution >= 4 is 74.1 Å². The molecule has 2 aromatic carbocycles. The molecule has 150 valence electrons. The number of amides is 3. The number of carboxylic acid groups (broad SMARTS) is 1. The lowest BCUT2D eigenvalue weighted by Crippen LogP contribution is -2.30. The number of carbonyl (C=O) groups excluding carboxylic acids is 2. The number of aliphatic carboxylic acids is 1. The first-order chi connectivity index (χ1) is 13.7. The highest BCUT2D eigenvalue weighted by Gasteiger charge is 2.33. The first-order valence-electron chi connectivity index (χ1n) is 8.17. The highest BCUT2D eigenvalue weighted by molar-refractivity contribution is 14.1. The van der Waals surface area contributed by atoms with E-state index in [1.807, 2.05) is 0 Å². The predicted molar refractivity (Wildman–Crippen MR) is 119 cm³/mol. The molecule has 1 fully saturated rings. The molecule has 1 heterocycles. The molecule has 0 bridgehead atoms. The molecule has 1 aliphatic heterocycles. The summed E-state index contributed by atoms with van der Waals surface area (Å²) in [4.78, 5) is 37.0. The summed E-state index contributed by atoms with van der Waals surface area (Å²) in [5, 5.41) is 12.0. The first kappa shape index (κ1) is 21.6. The summed E-state index contributed by atoms with van der Waals surface area (Å²) < 4.78 is 6.71. The summed E-state index contributed by atoms with van der Waals surface area (Å²) in [6, 6.07) is 9.76. The quantitative estimate of drug-likeness (QED) is 0.298. The van der Waals surface area contributed by atoms with Crippen LogP contribution in [0, 0.1) is 3.57 Å². The Hall–Kier alpha value is -2.11. The Morgan fingerprint density at radius 1 is 1.28 bits per heavy atom. The van der Waals surface area contributed by atoms with E-state index in [0.29, 0.717) is 15.1 Å². The standard InChI is InChI=1S/C19H13BrClIN2O5/c20-14-7-13(22)5-11(17(14)29-9-16(25)26)6-15-18(27)24(19(28)23-15)8-10-1-3-12(21)4-2-10/h1-7H,8-9H2,(H,23,28)(H,25,26)/b15-6-. The van der Waals surface area contributed by atoms with Crippen LogP contribution in [-0.2, 0) is 16.1 Å². The number of imide groups is 1. The van der Waals surface area contributed by atoms with E-state index in [9.17, 15) is 14.4 Å². The molecule has 29 heavy (non-hydrogen) atoms. The number of carbonyl (C=O) groups is 3. The molecule has 1 aliphatic rings.